The fourth-order valence-corrected chi connectivity index (χ4v) is 4.33. The van der Waals surface area contributed by atoms with Crippen LogP contribution in [0, 0.1) is 5.92 Å². The van der Waals surface area contributed by atoms with E-state index in [4.69, 9.17) is 9.47 Å². The number of rotatable bonds is 7. The highest BCUT2D eigenvalue weighted by atomic mass is 32.2. The Morgan fingerprint density at radius 3 is 2.90 bits per heavy atom. The molecule has 1 unspecified atom stereocenters. The molecule has 2 fully saturated rings. The minimum atomic E-state index is 0.204. The number of hydrogen-bond acceptors (Lipinski definition) is 4. The molecule has 2 aliphatic rings. The Hall–Kier alpha value is 0.230. The fraction of sp³-hybridized carbons (Fsp3) is 1.00. The van der Waals surface area contributed by atoms with Crippen molar-refractivity contribution in [2.24, 2.45) is 5.92 Å². The summed E-state index contributed by atoms with van der Waals surface area (Å²) < 4.78 is 11.8. The summed E-state index contributed by atoms with van der Waals surface area (Å²) >= 11 is 2.08. The highest BCUT2D eigenvalue weighted by Gasteiger charge is 2.38. The first kappa shape index (κ1) is 16.6. The third-order valence-electron chi connectivity index (χ3n) is 4.25. The van der Waals surface area contributed by atoms with Crippen LogP contribution in [-0.4, -0.2) is 49.5 Å². The van der Waals surface area contributed by atoms with Crippen molar-refractivity contribution >= 4 is 11.8 Å². The first-order chi connectivity index (χ1) is 9.70. The number of nitrogens with one attached hydrogen (secondary N) is 1. The van der Waals surface area contributed by atoms with Gasteiger partial charge >= 0.3 is 0 Å². The molecular formula is C16H31NO2S. The van der Waals surface area contributed by atoms with E-state index >= 15 is 0 Å². The summed E-state index contributed by atoms with van der Waals surface area (Å²) in [5.74, 6) is 3.19. The number of hydrogen-bond donors (Lipinski definition) is 1. The van der Waals surface area contributed by atoms with Crippen molar-refractivity contribution in [3.8, 4) is 0 Å². The fourth-order valence-electron chi connectivity index (χ4n) is 3.09. The summed E-state index contributed by atoms with van der Waals surface area (Å²) in [6, 6.07) is 0.650. The van der Waals surface area contributed by atoms with Gasteiger partial charge in [0.15, 0.2) is 0 Å². The van der Waals surface area contributed by atoms with Gasteiger partial charge in [0.1, 0.15) is 0 Å². The minimum absolute atomic E-state index is 0.204. The maximum atomic E-state index is 6.13. The predicted molar refractivity (Wildman–Crippen MR) is 86.5 cm³/mol. The topological polar surface area (TPSA) is 30.5 Å². The largest absolute Gasteiger partial charge is 0.381 e. The van der Waals surface area contributed by atoms with E-state index in [9.17, 15) is 0 Å². The van der Waals surface area contributed by atoms with Gasteiger partial charge in [0.25, 0.3) is 0 Å². The second-order valence-electron chi connectivity index (χ2n) is 6.61. The SMILES string of the molecule is CC(C)COCCCNC1CCOC2(CCSCC2)C1. The smallest absolute Gasteiger partial charge is 0.0713 e. The Morgan fingerprint density at radius 2 is 2.15 bits per heavy atom. The maximum absolute atomic E-state index is 6.13. The third kappa shape index (κ3) is 5.55. The molecule has 1 spiro atoms. The van der Waals surface area contributed by atoms with Crippen molar-refractivity contribution in [1.29, 1.82) is 0 Å². The Kier molecular flexibility index (Phi) is 7.15. The second-order valence-corrected chi connectivity index (χ2v) is 7.83. The van der Waals surface area contributed by atoms with Gasteiger partial charge in [0, 0.05) is 25.9 Å². The first-order valence-corrected chi connectivity index (χ1v) is 9.38. The van der Waals surface area contributed by atoms with Gasteiger partial charge in [-0.15, -0.1) is 0 Å². The highest BCUT2D eigenvalue weighted by molar-refractivity contribution is 7.99. The molecule has 118 valence electrons. The Labute approximate surface area is 128 Å². The van der Waals surface area contributed by atoms with Crippen LogP contribution in [0.3, 0.4) is 0 Å². The van der Waals surface area contributed by atoms with Gasteiger partial charge in [-0.05, 0) is 56.1 Å². The molecule has 1 N–H and O–H groups in total. The van der Waals surface area contributed by atoms with E-state index in [0.29, 0.717) is 12.0 Å². The standard InChI is InChI=1S/C16H31NO2S/c1-14(2)13-18-8-3-7-17-15-4-9-19-16(12-15)5-10-20-11-6-16/h14-15,17H,3-13H2,1-2H3. The molecule has 3 nitrogen and oxygen atoms in total. The van der Waals surface area contributed by atoms with E-state index < -0.39 is 0 Å². The van der Waals surface area contributed by atoms with E-state index in [0.717, 1.165) is 32.8 Å². The van der Waals surface area contributed by atoms with Crippen LogP contribution in [0.1, 0.15) is 46.0 Å². The van der Waals surface area contributed by atoms with Gasteiger partial charge in [-0.2, -0.15) is 11.8 Å². The Morgan fingerprint density at radius 1 is 1.35 bits per heavy atom. The molecule has 0 saturated carbocycles. The van der Waals surface area contributed by atoms with Crippen molar-refractivity contribution in [3.63, 3.8) is 0 Å². The summed E-state index contributed by atoms with van der Waals surface area (Å²) in [6.07, 6.45) is 5.98. The van der Waals surface area contributed by atoms with Crippen LogP contribution < -0.4 is 5.32 Å². The van der Waals surface area contributed by atoms with Gasteiger partial charge < -0.3 is 14.8 Å². The summed E-state index contributed by atoms with van der Waals surface area (Å²) in [7, 11) is 0. The molecule has 0 bridgehead atoms. The molecule has 0 amide bonds. The van der Waals surface area contributed by atoms with Crippen molar-refractivity contribution < 1.29 is 9.47 Å². The van der Waals surface area contributed by atoms with Crippen molar-refractivity contribution in [3.05, 3.63) is 0 Å². The van der Waals surface area contributed by atoms with Crippen LogP contribution >= 0.6 is 11.8 Å². The summed E-state index contributed by atoms with van der Waals surface area (Å²) in [6.45, 7) is 8.18. The van der Waals surface area contributed by atoms with Crippen LogP contribution in [-0.2, 0) is 9.47 Å². The van der Waals surface area contributed by atoms with E-state index in [2.05, 4.69) is 30.9 Å². The quantitative estimate of drug-likeness (QED) is 0.732. The molecule has 4 heteroatoms. The van der Waals surface area contributed by atoms with Gasteiger partial charge in [-0.25, -0.2) is 0 Å². The van der Waals surface area contributed by atoms with E-state index in [1.165, 1.54) is 37.2 Å². The monoisotopic (exact) mass is 301 g/mol. The summed E-state index contributed by atoms with van der Waals surface area (Å²) in [4.78, 5) is 0. The van der Waals surface area contributed by atoms with E-state index in [1.54, 1.807) is 0 Å². The molecule has 0 aromatic rings. The third-order valence-corrected chi connectivity index (χ3v) is 5.23. The average Bonchev–Trinajstić information content (AvgIpc) is 2.43. The summed E-state index contributed by atoms with van der Waals surface area (Å²) in [5.41, 5.74) is 0.204. The average molecular weight is 301 g/mol. The normalized spacial score (nSPS) is 26.2. The minimum Gasteiger partial charge on any atom is -0.381 e. The molecule has 0 aromatic carbocycles. The molecule has 2 heterocycles. The van der Waals surface area contributed by atoms with Crippen LogP contribution in [0.5, 0.6) is 0 Å². The molecule has 2 rings (SSSR count). The van der Waals surface area contributed by atoms with Crippen molar-refractivity contribution in [2.75, 3.05) is 37.9 Å². The molecule has 2 aliphatic heterocycles. The van der Waals surface area contributed by atoms with Crippen molar-refractivity contribution in [2.45, 2.75) is 57.6 Å². The summed E-state index contributed by atoms with van der Waals surface area (Å²) in [5, 5.41) is 3.71. The zero-order valence-electron chi connectivity index (χ0n) is 13.2. The molecule has 0 aliphatic carbocycles. The van der Waals surface area contributed by atoms with Crippen LogP contribution in [0.2, 0.25) is 0 Å². The second kappa shape index (κ2) is 8.62. The van der Waals surface area contributed by atoms with Crippen molar-refractivity contribution in [1.82, 2.24) is 5.32 Å². The molecular weight excluding hydrogens is 270 g/mol. The van der Waals surface area contributed by atoms with Gasteiger partial charge in [-0.1, -0.05) is 13.8 Å². The molecule has 1 atom stereocenters. The van der Waals surface area contributed by atoms with Gasteiger partial charge in [-0.3, -0.25) is 0 Å². The van der Waals surface area contributed by atoms with Crippen LogP contribution in [0.25, 0.3) is 0 Å². The number of ether oxygens (including phenoxy) is 2. The zero-order valence-corrected chi connectivity index (χ0v) is 14.0. The predicted octanol–water partition coefficient (Wildman–Crippen LogP) is 3.08. The molecule has 0 radical (unpaired) electrons. The maximum Gasteiger partial charge on any atom is 0.0713 e. The number of thioether (sulfide) groups is 1. The highest BCUT2D eigenvalue weighted by Crippen LogP contribution is 2.37. The van der Waals surface area contributed by atoms with Crippen LogP contribution in [0.15, 0.2) is 0 Å². The molecule has 2 saturated heterocycles. The molecule has 0 aromatic heterocycles. The Balaban J connectivity index is 1.58. The lowest BCUT2D eigenvalue weighted by atomic mass is 9.85. The van der Waals surface area contributed by atoms with Gasteiger partial charge in [0.2, 0.25) is 0 Å². The van der Waals surface area contributed by atoms with E-state index in [1.807, 2.05) is 0 Å². The zero-order chi connectivity index (χ0) is 14.3. The lowest BCUT2D eigenvalue weighted by Gasteiger charge is -2.43. The lowest BCUT2D eigenvalue weighted by molar-refractivity contribution is -0.0931. The van der Waals surface area contributed by atoms with Gasteiger partial charge in [0.05, 0.1) is 5.60 Å². The van der Waals surface area contributed by atoms with E-state index in [-0.39, 0.29) is 5.60 Å². The lowest BCUT2D eigenvalue weighted by Crippen LogP contribution is -2.49. The van der Waals surface area contributed by atoms with Crippen LogP contribution in [0.4, 0.5) is 0 Å². The molecule has 20 heavy (non-hydrogen) atoms. The first-order valence-electron chi connectivity index (χ1n) is 8.23. The Bertz CT molecular complexity index is 262.